The van der Waals surface area contributed by atoms with Gasteiger partial charge in [0.05, 0.1) is 12.2 Å². The maximum Gasteiger partial charge on any atom is 0.259 e. The van der Waals surface area contributed by atoms with Crippen LogP contribution in [0, 0.1) is 6.92 Å². The van der Waals surface area contributed by atoms with E-state index in [-0.39, 0.29) is 5.91 Å². The van der Waals surface area contributed by atoms with Crippen LogP contribution < -0.4 is 10.1 Å². The number of hydrogen-bond acceptors (Lipinski definition) is 4. The van der Waals surface area contributed by atoms with Crippen LogP contribution in [-0.2, 0) is 12.8 Å². The van der Waals surface area contributed by atoms with Gasteiger partial charge in [0.15, 0.2) is 0 Å². The summed E-state index contributed by atoms with van der Waals surface area (Å²) in [5.74, 6) is 0.749. The second-order valence-corrected chi connectivity index (χ2v) is 10.8. The number of hydrogen-bond donors (Lipinski definition) is 1. The van der Waals surface area contributed by atoms with Crippen molar-refractivity contribution in [3.05, 3.63) is 87.8 Å². The van der Waals surface area contributed by atoms with Crippen LogP contribution in [0.3, 0.4) is 0 Å². The van der Waals surface area contributed by atoms with Gasteiger partial charge in [0, 0.05) is 22.3 Å². The van der Waals surface area contributed by atoms with Gasteiger partial charge in [-0.05, 0) is 73.6 Å². The fourth-order valence-electron chi connectivity index (χ4n) is 4.93. The first-order valence-corrected chi connectivity index (χ1v) is 14.2. The Labute approximate surface area is 223 Å². The van der Waals surface area contributed by atoms with Gasteiger partial charge in [-0.15, -0.1) is 11.3 Å². The zero-order valence-electron chi connectivity index (χ0n) is 21.7. The Morgan fingerprint density at radius 2 is 1.78 bits per heavy atom. The second kappa shape index (κ2) is 11.7. The first-order chi connectivity index (χ1) is 18.1. The van der Waals surface area contributed by atoms with Crippen LogP contribution in [0.2, 0.25) is 0 Å². The maximum atomic E-state index is 13.7. The highest BCUT2D eigenvalue weighted by Crippen LogP contribution is 2.40. The molecule has 1 heterocycles. The van der Waals surface area contributed by atoms with Crippen LogP contribution >= 0.6 is 11.3 Å². The number of rotatable bonds is 7. The number of nitrogens with zero attached hydrogens (tertiary/aromatic N) is 1. The number of ether oxygens (including phenoxy) is 1. The van der Waals surface area contributed by atoms with Crippen molar-refractivity contribution in [1.29, 1.82) is 0 Å². The van der Waals surface area contributed by atoms with Crippen LogP contribution in [-0.4, -0.2) is 18.7 Å². The fourth-order valence-corrected chi connectivity index (χ4v) is 6.16. The summed E-state index contributed by atoms with van der Waals surface area (Å²) in [7, 11) is 0. The van der Waals surface area contributed by atoms with Crippen molar-refractivity contribution in [2.45, 2.75) is 58.8 Å². The molecule has 190 valence electrons. The predicted octanol–water partition coefficient (Wildman–Crippen LogP) is 8.66. The minimum absolute atomic E-state index is 0.0746. The van der Waals surface area contributed by atoms with Crippen molar-refractivity contribution < 1.29 is 9.53 Å². The van der Waals surface area contributed by atoms with Crippen LogP contribution in [0.4, 0.5) is 10.7 Å². The van der Waals surface area contributed by atoms with Crippen LogP contribution in [0.5, 0.6) is 5.75 Å². The lowest BCUT2D eigenvalue weighted by Gasteiger charge is -2.12. The Morgan fingerprint density at radius 1 is 1.00 bits per heavy atom. The number of anilines is 1. The molecule has 1 N–H and O–H groups in total. The van der Waals surface area contributed by atoms with E-state index in [0.29, 0.717) is 6.61 Å². The summed E-state index contributed by atoms with van der Waals surface area (Å²) in [6.45, 7) is 4.80. The molecule has 4 nitrogen and oxygen atoms in total. The molecule has 0 aliphatic heterocycles. The van der Waals surface area contributed by atoms with Gasteiger partial charge in [-0.1, -0.05) is 67.8 Å². The number of aryl methyl sites for hydroxylation is 2. The average Bonchev–Trinajstić information content (AvgIpc) is 3.23. The summed E-state index contributed by atoms with van der Waals surface area (Å²) >= 11 is 1.67. The first kappa shape index (κ1) is 25.2. The summed E-state index contributed by atoms with van der Waals surface area (Å²) in [5.41, 5.74) is 4.84. The van der Waals surface area contributed by atoms with E-state index in [0.717, 1.165) is 70.4 Å². The quantitative estimate of drug-likeness (QED) is 0.253. The second-order valence-electron chi connectivity index (χ2n) is 9.72. The number of amides is 1. The summed E-state index contributed by atoms with van der Waals surface area (Å²) in [6, 6.07) is 20.4. The number of carbonyl (C=O) groups is 1. The van der Waals surface area contributed by atoms with Gasteiger partial charge in [-0.25, -0.2) is 4.99 Å². The molecule has 4 aromatic rings. The fraction of sp³-hybridized carbons (Fsp3) is 0.312. The number of carbonyl (C=O) groups excluding carboxylic acids is 1. The third kappa shape index (κ3) is 5.78. The molecule has 3 aromatic carbocycles. The molecule has 1 aliphatic carbocycles. The largest absolute Gasteiger partial charge is 0.493 e. The smallest absolute Gasteiger partial charge is 0.259 e. The lowest BCUT2D eigenvalue weighted by Crippen LogP contribution is -2.14. The van der Waals surface area contributed by atoms with Crippen molar-refractivity contribution in [3.8, 4) is 5.75 Å². The van der Waals surface area contributed by atoms with Gasteiger partial charge in [0.2, 0.25) is 0 Å². The molecule has 0 radical (unpaired) electrons. The van der Waals surface area contributed by atoms with E-state index >= 15 is 0 Å². The van der Waals surface area contributed by atoms with Gasteiger partial charge in [-0.2, -0.15) is 0 Å². The van der Waals surface area contributed by atoms with Crippen molar-refractivity contribution in [3.63, 3.8) is 0 Å². The summed E-state index contributed by atoms with van der Waals surface area (Å²) in [6.07, 6.45) is 9.50. The third-order valence-electron chi connectivity index (χ3n) is 6.89. The number of thiophene rings is 1. The molecule has 0 fully saturated rings. The highest BCUT2D eigenvalue weighted by atomic mass is 32.1. The molecule has 0 spiro atoms. The van der Waals surface area contributed by atoms with E-state index in [9.17, 15) is 4.79 Å². The van der Waals surface area contributed by atoms with Gasteiger partial charge in [-0.3, -0.25) is 4.79 Å². The van der Waals surface area contributed by atoms with Crippen molar-refractivity contribution in [2.24, 2.45) is 4.99 Å². The van der Waals surface area contributed by atoms with Crippen molar-refractivity contribution >= 4 is 44.9 Å². The number of benzene rings is 3. The Morgan fingerprint density at radius 3 is 2.59 bits per heavy atom. The zero-order chi connectivity index (χ0) is 25.6. The highest BCUT2D eigenvalue weighted by molar-refractivity contribution is 7.16. The third-order valence-corrected chi connectivity index (χ3v) is 8.09. The monoisotopic (exact) mass is 510 g/mol. The zero-order valence-corrected chi connectivity index (χ0v) is 22.5. The minimum atomic E-state index is -0.0746. The molecule has 0 atom stereocenters. The van der Waals surface area contributed by atoms with E-state index in [4.69, 9.17) is 9.73 Å². The number of aliphatic imine (C=N–C) groups is 1. The summed E-state index contributed by atoms with van der Waals surface area (Å²) in [5, 5.41) is 6.16. The SMILES string of the molecule is CCCOc1ccc2ccccc2c1C=Nc1sc2c(c1C(=O)Nc1ccc(C)cc1)CCCCCC2. The Kier molecular flexibility index (Phi) is 8.00. The van der Waals surface area contributed by atoms with Crippen molar-refractivity contribution in [1.82, 2.24) is 0 Å². The molecule has 5 heteroatoms. The maximum absolute atomic E-state index is 13.7. The molecule has 0 saturated heterocycles. The standard InChI is InChI=1S/C32H34N2O2S/c1-3-20-36-28-19-16-23-10-8-9-11-25(23)27(28)21-33-32-30(26-12-6-4-5-7-13-29(26)37-32)31(35)34-24-17-14-22(2)15-18-24/h8-11,14-19,21H,3-7,12-13,20H2,1-2H3,(H,34,35). The summed E-state index contributed by atoms with van der Waals surface area (Å²) < 4.78 is 6.10. The molecule has 1 aromatic heterocycles. The highest BCUT2D eigenvalue weighted by Gasteiger charge is 2.24. The van der Waals surface area contributed by atoms with Gasteiger partial charge >= 0.3 is 0 Å². The molecule has 5 rings (SSSR count). The Bertz CT molecular complexity index is 1420. The molecule has 1 aliphatic rings. The molecule has 1 amide bonds. The molecule has 0 unspecified atom stereocenters. The van der Waals surface area contributed by atoms with E-state index in [1.54, 1.807) is 11.3 Å². The number of nitrogens with one attached hydrogen (secondary N) is 1. The van der Waals surface area contributed by atoms with E-state index in [1.165, 1.54) is 28.8 Å². The average molecular weight is 511 g/mol. The minimum Gasteiger partial charge on any atom is -0.493 e. The van der Waals surface area contributed by atoms with E-state index in [1.807, 2.05) is 55.6 Å². The number of fused-ring (bicyclic) bond motifs is 2. The van der Waals surface area contributed by atoms with Crippen LogP contribution in [0.1, 0.15) is 71.0 Å². The topological polar surface area (TPSA) is 50.7 Å². The molecule has 0 bridgehead atoms. The first-order valence-electron chi connectivity index (χ1n) is 13.3. The van der Waals surface area contributed by atoms with Crippen molar-refractivity contribution in [2.75, 3.05) is 11.9 Å². The van der Waals surface area contributed by atoms with Crippen LogP contribution in [0.25, 0.3) is 10.8 Å². The molecular weight excluding hydrogens is 476 g/mol. The lowest BCUT2D eigenvalue weighted by atomic mass is 9.96. The van der Waals surface area contributed by atoms with Gasteiger partial charge in [0.25, 0.3) is 5.91 Å². The molecular formula is C32H34N2O2S. The molecule has 0 saturated carbocycles. The normalized spacial score (nSPS) is 13.8. The summed E-state index contributed by atoms with van der Waals surface area (Å²) in [4.78, 5) is 20.0. The van der Waals surface area contributed by atoms with Gasteiger partial charge in [0.1, 0.15) is 10.8 Å². The van der Waals surface area contributed by atoms with E-state index in [2.05, 4.69) is 30.4 Å². The van der Waals surface area contributed by atoms with E-state index < -0.39 is 0 Å². The Hall–Kier alpha value is -3.44. The van der Waals surface area contributed by atoms with Gasteiger partial charge < -0.3 is 10.1 Å². The Balaban J connectivity index is 1.57. The predicted molar refractivity (Wildman–Crippen MR) is 156 cm³/mol. The molecule has 37 heavy (non-hydrogen) atoms. The van der Waals surface area contributed by atoms with Crippen LogP contribution in [0.15, 0.2) is 65.7 Å². The lowest BCUT2D eigenvalue weighted by molar-refractivity contribution is 0.102.